The number of anilines is 2. The van der Waals surface area contributed by atoms with Crippen LogP contribution in [0.2, 0.25) is 0 Å². The van der Waals surface area contributed by atoms with Gasteiger partial charge in [-0.1, -0.05) is 0 Å². The maximum atomic E-state index is 5.54. The number of hydrogen-bond acceptors (Lipinski definition) is 3. The first-order chi connectivity index (χ1) is 7.25. The molecule has 0 fully saturated rings. The summed E-state index contributed by atoms with van der Waals surface area (Å²) >= 11 is 0. The Hall–Kier alpha value is -1.99. The molecule has 0 bridgehead atoms. The van der Waals surface area contributed by atoms with Crippen LogP contribution in [0.5, 0.6) is 0 Å². The molecule has 1 aliphatic rings. The molecule has 0 radical (unpaired) electrons. The smallest absolute Gasteiger partial charge is 0.123 e. The number of aromatic nitrogens is 1. The molecule has 1 aromatic rings. The summed E-state index contributed by atoms with van der Waals surface area (Å²) in [6, 6.07) is 3.77. The summed E-state index contributed by atoms with van der Waals surface area (Å²) in [5.41, 5.74) is 10.9. The van der Waals surface area contributed by atoms with Gasteiger partial charge in [-0.3, -0.25) is 0 Å². The van der Waals surface area contributed by atoms with Crippen LogP contribution in [0.1, 0.15) is 6.92 Å². The Labute approximate surface area is 89.2 Å². The fourth-order valence-corrected chi connectivity index (χ4v) is 1.42. The van der Waals surface area contributed by atoms with Gasteiger partial charge in [0.2, 0.25) is 0 Å². The van der Waals surface area contributed by atoms with E-state index >= 15 is 0 Å². The summed E-state index contributed by atoms with van der Waals surface area (Å²) < 4.78 is 0. The second-order valence-electron chi connectivity index (χ2n) is 3.48. The van der Waals surface area contributed by atoms with Gasteiger partial charge < -0.3 is 10.6 Å². The van der Waals surface area contributed by atoms with Crippen molar-refractivity contribution in [2.45, 2.75) is 6.92 Å². The van der Waals surface area contributed by atoms with Crippen molar-refractivity contribution in [3.05, 3.63) is 48.0 Å². The minimum Gasteiger partial charge on any atom is -0.384 e. The zero-order valence-corrected chi connectivity index (χ0v) is 8.64. The Morgan fingerprint density at radius 3 is 3.07 bits per heavy atom. The van der Waals surface area contributed by atoms with E-state index in [0.29, 0.717) is 5.82 Å². The van der Waals surface area contributed by atoms with Crippen molar-refractivity contribution in [1.82, 2.24) is 4.98 Å². The standard InChI is InChI=1S/C12H13N3/c1-10-4-2-3-7-15(9-10)11-5-6-12(13)14-8-11/h3-6,8-9H,7H2,1H3,(H2,13,14). The number of nitrogens with zero attached hydrogens (tertiary/aromatic N) is 2. The van der Waals surface area contributed by atoms with Gasteiger partial charge in [-0.25, -0.2) is 4.98 Å². The molecule has 0 atom stereocenters. The van der Waals surface area contributed by atoms with Crippen LogP contribution in [0.15, 0.2) is 48.0 Å². The highest BCUT2D eigenvalue weighted by atomic mass is 15.1. The predicted molar refractivity (Wildman–Crippen MR) is 62.4 cm³/mol. The fourth-order valence-electron chi connectivity index (χ4n) is 1.42. The van der Waals surface area contributed by atoms with Crippen LogP contribution in [0.3, 0.4) is 0 Å². The van der Waals surface area contributed by atoms with Crippen LogP contribution in [-0.4, -0.2) is 11.5 Å². The number of hydrogen-bond donors (Lipinski definition) is 1. The van der Waals surface area contributed by atoms with Gasteiger partial charge in [0.05, 0.1) is 11.9 Å². The van der Waals surface area contributed by atoms with E-state index < -0.39 is 0 Å². The first-order valence-electron chi connectivity index (χ1n) is 4.83. The van der Waals surface area contributed by atoms with E-state index in [4.69, 9.17) is 5.73 Å². The summed E-state index contributed by atoms with van der Waals surface area (Å²) in [6.45, 7) is 2.85. The summed E-state index contributed by atoms with van der Waals surface area (Å²) in [5, 5.41) is 0. The highest BCUT2D eigenvalue weighted by molar-refractivity contribution is 5.52. The van der Waals surface area contributed by atoms with Crippen molar-refractivity contribution in [2.24, 2.45) is 0 Å². The van der Waals surface area contributed by atoms with Crippen molar-refractivity contribution in [2.75, 3.05) is 17.2 Å². The molecule has 0 saturated carbocycles. The van der Waals surface area contributed by atoms with Crippen LogP contribution < -0.4 is 10.6 Å². The molecule has 76 valence electrons. The second kappa shape index (κ2) is 4.03. The first kappa shape index (κ1) is 9.56. The SMILES string of the molecule is CC1=CN(c2ccc(N)nc2)CC=C=C1. The van der Waals surface area contributed by atoms with Gasteiger partial charge in [0.15, 0.2) is 0 Å². The van der Waals surface area contributed by atoms with Crippen molar-refractivity contribution in [3.63, 3.8) is 0 Å². The predicted octanol–water partition coefficient (Wildman–Crippen LogP) is 2.10. The highest BCUT2D eigenvalue weighted by Gasteiger charge is 2.03. The molecule has 15 heavy (non-hydrogen) atoms. The summed E-state index contributed by atoms with van der Waals surface area (Å²) in [7, 11) is 0. The Morgan fingerprint density at radius 2 is 2.33 bits per heavy atom. The molecule has 3 nitrogen and oxygen atoms in total. The molecule has 2 heterocycles. The van der Waals surface area contributed by atoms with Gasteiger partial charge >= 0.3 is 0 Å². The molecule has 0 aliphatic carbocycles. The third kappa shape index (κ3) is 2.27. The molecule has 0 saturated heterocycles. The van der Waals surface area contributed by atoms with E-state index in [2.05, 4.69) is 21.8 Å². The van der Waals surface area contributed by atoms with E-state index in [1.165, 1.54) is 5.57 Å². The summed E-state index contributed by atoms with van der Waals surface area (Å²) in [5.74, 6) is 0.544. The largest absolute Gasteiger partial charge is 0.384 e. The zero-order valence-electron chi connectivity index (χ0n) is 8.64. The summed E-state index contributed by atoms with van der Waals surface area (Å²) in [4.78, 5) is 6.18. The van der Waals surface area contributed by atoms with Crippen molar-refractivity contribution in [3.8, 4) is 0 Å². The maximum Gasteiger partial charge on any atom is 0.123 e. The Bertz CT molecular complexity index is 436. The molecule has 0 spiro atoms. The van der Waals surface area contributed by atoms with E-state index in [-0.39, 0.29) is 0 Å². The minimum absolute atomic E-state index is 0.544. The quantitative estimate of drug-likeness (QED) is 0.704. The zero-order chi connectivity index (χ0) is 10.7. The average molecular weight is 199 g/mol. The molecule has 2 N–H and O–H groups in total. The Balaban J connectivity index is 2.29. The maximum absolute atomic E-state index is 5.54. The van der Waals surface area contributed by atoms with Crippen LogP contribution in [0.25, 0.3) is 0 Å². The van der Waals surface area contributed by atoms with Crippen molar-refractivity contribution in [1.29, 1.82) is 0 Å². The van der Waals surface area contributed by atoms with Gasteiger partial charge in [-0.15, -0.1) is 5.73 Å². The Morgan fingerprint density at radius 1 is 1.47 bits per heavy atom. The molecule has 1 aliphatic heterocycles. The minimum atomic E-state index is 0.544. The fraction of sp³-hybridized carbons (Fsp3) is 0.167. The van der Waals surface area contributed by atoms with Gasteiger partial charge in [0.1, 0.15) is 5.82 Å². The third-order valence-corrected chi connectivity index (χ3v) is 2.18. The Kier molecular flexibility index (Phi) is 2.57. The van der Waals surface area contributed by atoms with Crippen molar-refractivity contribution >= 4 is 11.5 Å². The number of pyridine rings is 1. The number of nitrogens with two attached hydrogens (primary N) is 1. The van der Waals surface area contributed by atoms with E-state index in [9.17, 15) is 0 Å². The lowest BCUT2D eigenvalue weighted by Gasteiger charge is -2.17. The van der Waals surface area contributed by atoms with Crippen LogP contribution >= 0.6 is 0 Å². The second-order valence-corrected chi connectivity index (χ2v) is 3.48. The lowest BCUT2D eigenvalue weighted by Crippen LogP contribution is -2.15. The van der Waals surface area contributed by atoms with Gasteiger partial charge in [0, 0.05) is 12.7 Å². The average Bonchev–Trinajstić information content (AvgIpc) is 2.44. The van der Waals surface area contributed by atoms with Crippen molar-refractivity contribution < 1.29 is 0 Å². The number of rotatable bonds is 1. The molecule has 0 unspecified atom stereocenters. The third-order valence-electron chi connectivity index (χ3n) is 2.18. The van der Waals surface area contributed by atoms with Gasteiger partial charge in [-0.05, 0) is 36.8 Å². The van der Waals surface area contributed by atoms with E-state index in [1.54, 1.807) is 12.3 Å². The van der Waals surface area contributed by atoms with E-state index in [0.717, 1.165) is 12.2 Å². The van der Waals surface area contributed by atoms with Gasteiger partial charge in [0.25, 0.3) is 0 Å². The normalized spacial score (nSPS) is 15.0. The lowest BCUT2D eigenvalue weighted by molar-refractivity contribution is 1.07. The van der Waals surface area contributed by atoms with Crippen LogP contribution in [0, 0.1) is 0 Å². The van der Waals surface area contributed by atoms with Crippen LogP contribution in [-0.2, 0) is 0 Å². The molecule has 1 aromatic heterocycles. The highest BCUT2D eigenvalue weighted by Crippen LogP contribution is 2.16. The van der Waals surface area contributed by atoms with E-state index in [1.807, 2.05) is 25.1 Å². The van der Waals surface area contributed by atoms with Crippen LogP contribution in [0.4, 0.5) is 11.5 Å². The first-order valence-corrected chi connectivity index (χ1v) is 4.83. The molecular weight excluding hydrogens is 186 g/mol. The number of nitrogen functional groups attached to an aromatic ring is 1. The topological polar surface area (TPSA) is 42.1 Å². The monoisotopic (exact) mass is 199 g/mol. The number of allylic oxidation sites excluding steroid dienone is 1. The lowest BCUT2D eigenvalue weighted by atomic mass is 10.3. The molecule has 0 amide bonds. The van der Waals surface area contributed by atoms with Gasteiger partial charge in [-0.2, -0.15) is 0 Å². The summed E-state index contributed by atoms with van der Waals surface area (Å²) in [6.07, 6.45) is 7.80. The molecule has 3 heteroatoms. The molecular formula is C12H13N3. The molecule has 2 rings (SSSR count). The molecule has 0 aromatic carbocycles.